The minimum atomic E-state index is -2.93. The SMILES string of the molecule is CC1c2cc(Cl)c(NC(=O)CN(C)C)c(O)c2C(O)=C2C(=O)C3(O)C(O)=C(C(N)=O)C(=O)CC3C(O)C21. The van der Waals surface area contributed by atoms with Crippen molar-refractivity contribution < 1.29 is 44.7 Å². The van der Waals surface area contributed by atoms with E-state index < -0.39 is 87.7 Å². The lowest BCUT2D eigenvalue weighted by molar-refractivity contribution is -0.160. The van der Waals surface area contributed by atoms with E-state index in [-0.39, 0.29) is 28.4 Å². The van der Waals surface area contributed by atoms with Crippen LogP contribution >= 0.6 is 11.6 Å². The van der Waals surface area contributed by atoms with E-state index in [1.807, 2.05) is 0 Å². The number of aromatic hydroxyl groups is 1. The van der Waals surface area contributed by atoms with Crippen molar-refractivity contribution in [1.82, 2.24) is 4.90 Å². The molecular weight excluding hydrogens is 510 g/mol. The number of rotatable bonds is 4. The summed E-state index contributed by atoms with van der Waals surface area (Å²) in [5.41, 5.74) is 0.474. The summed E-state index contributed by atoms with van der Waals surface area (Å²) in [5, 5.41) is 57.8. The van der Waals surface area contributed by atoms with Crippen LogP contribution in [0.25, 0.3) is 5.76 Å². The lowest BCUT2D eigenvalue weighted by atomic mass is 9.55. The van der Waals surface area contributed by atoms with E-state index >= 15 is 0 Å². The number of halogens is 1. The molecule has 3 aliphatic rings. The summed E-state index contributed by atoms with van der Waals surface area (Å²) in [7, 11) is 3.30. The first-order chi connectivity index (χ1) is 17.1. The quantitative estimate of drug-likeness (QED) is 0.204. The summed E-state index contributed by atoms with van der Waals surface area (Å²) in [5.74, 6) is -10.4. The van der Waals surface area contributed by atoms with Crippen LogP contribution in [0, 0.1) is 11.8 Å². The molecule has 1 saturated carbocycles. The fourth-order valence-electron chi connectivity index (χ4n) is 5.61. The lowest BCUT2D eigenvalue weighted by Crippen LogP contribution is -2.63. The maximum Gasteiger partial charge on any atom is 0.255 e. The summed E-state index contributed by atoms with van der Waals surface area (Å²) in [6, 6.07) is 1.37. The van der Waals surface area contributed by atoms with Crippen molar-refractivity contribution >= 4 is 46.4 Å². The van der Waals surface area contributed by atoms with Crippen molar-refractivity contribution in [1.29, 1.82) is 0 Å². The van der Waals surface area contributed by atoms with E-state index in [2.05, 4.69) is 5.32 Å². The average Bonchev–Trinajstić information content (AvgIpc) is 2.78. The number of hydrogen-bond donors (Lipinski definition) is 7. The second kappa shape index (κ2) is 8.84. The Balaban J connectivity index is 1.93. The number of amides is 2. The van der Waals surface area contributed by atoms with Crippen molar-refractivity contribution in [2.75, 3.05) is 26.0 Å². The molecule has 1 fully saturated rings. The summed E-state index contributed by atoms with van der Waals surface area (Å²) in [6.07, 6.45) is -2.32. The van der Waals surface area contributed by atoms with Gasteiger partial charge in [0.15, 0.2) is 17.1 Å². The normalized spacial score (nSPS) is 29.2. The molecule has 13 heteroatoms. The van der Waals surface area contributed by atoms with Gasteiger partial charge in [0, 0.05) is 23.8 Å². The molecule has 0 aliphatic heterocycles. The Morgan fingerprint density at radius 2 is 1.86 bits per heavy atom. The second-order valence-electron chi connectivity index (χ2n) is 9.82. The van der Waals surface area contributed by atoms with E-state index in [0.29, 0.717) is 0 Å². The van der Waals surface area contributed by atoms with Gasteiger partial charge in [-0.3, -0.25) is 19.2 Å². The van der Waals surface area contributed by atoms with Gasteiger partial charge in [-0.15, -0.1) is 0 Å². The highest BCUT2D eigenvalue weighted by Gasteiger charge is 2.65. The molecule has 198 valence electrons. The number of carbonyl (C=O) groups is 4. The van der Waals surface area contributed by atoms with Crippen molar-refractivity contribution in [3.8, 4) is 5.75 Å². The standard InChI is InChI=1S/C24H26ClN3O9/c1-7-8-4-10(25)17(27-12(30)6-28(2)3)20(33)14(8)19(32)16-13(7)18(31)9-5-11(29)15(23(26)36)21(34)24(9,37)22(16)35/h4,7,9,13,18,31-34,37H,5-6H2,1-3H3,(H2,26,36)(H,27,30). The maximum atomic E-state index is 13.7. The van der Waals surface area contributed by atoms with E-state index in [0.717, 1.165) is 0 Å². The van der Waals surface area contributed by atoms with E-state index in [1.165, 1.54) is 6.07 Å². The van der Waals surface area contributed by atoms with Gasteiger partial charge in [0.05, 0.1) is 23.2 Å². The highest BCUT2D eigenvalue weighted by atomic mass is 35.5. The first-order valence-corrected chi connectivity index (χ1v) is 11.7. The molecule has 0 aromatic heterocycles. The number of carbonyl (C=O) groups excluding carboxylic acids is 4. The predicted octanol–water partition coefficient (Wildman–Crippen LogP) is 0.109. The van der Waals surface area contributed by atoms with E-state index in [4.69, 9.17) is 17.3 Å². The number of nitrogens with two attached hydrogens (primary N) is 1. The molecule has 0 saturated heterocycles. The third-order valence-electron chi connectivity index (χ3n) is 7.30. The molecule has 0 heterocycles. The number of hydrogen-bond acceptors (Lipinski definition) is 10. The minimum Gasteiger partial charge on any atom is -0.508 e. The van der Waals surface area contributed by atoms with Crippen molar-refractivity contribution in [2.24, 2.45) is 17.6 Å². The molecule has 0 radical (unpaired) electrons. The highest BCUT2D eigenvalue weighted by Crippen LogP contribution is 2.57. The Morgan fingerprint density at radius 3 is 2.43 bits per heavy atom. The number of Topliss-reactive ketones (excluding diaryl/α,β-unsaturated/α-hetero) is 2. The zero-order valence-corrected chi connectivity index (χ0v) is 20.8. The first kappa shape index (κ1) is 26.6. The van der Waals surface area contributed by atoms with Gasteiger partial charge in [0.2, 0.25) is 11.7 Å². The summed E-state index contributed by atoms with van der Waals surface area (Å²) >= 11 is 6.33. The van der Waals surface area contributed by atoms with Crippen LogP contribution in [0.4, 0.5) is 5.69 Å². The highest BCUT2D eigenvalue weighted by molar-refractivity contribution is 6.34. The number of aliphatic hydroxyl groups excluding tert-OH is 3. The van der Waals surface area contributed by atoms with E-state index in [9.17, 15) is 44.7 Å². The van der Waals surface area contributed by atoms with Crippen molar-refractivity contribution in [3.05, 3.63) is 39.1 Å². The van der Waals surface area contributed by atoms with E-state index in [1.54, 1.807) is 25.9 Å². The van der Waals surface area contributed by atoms with Gasteiger partial charge in [0.25, 0.3) is 5.91 Å². The molecule has 4 rings (SSSR count). The summed E-state index contributed by atoms with van der Waals surface area (Å²) in [4.78, 5) is 51.8. The zero-order valence-electron chi connectivity index (χ0n) is 20.1. The largest absolute Gasteiger partial charge is 0.508 e. The smallest absolute Gasteiger partial charge is 0.255 e. The Bertz CT molecular complexity index is 1330. The predicted molar refractivity (Wildman–Crippen MR) is 130 cm³/mol. The summed E-state index contributed by atoms with van der Waals surface area (Å²) in [6.45, 7) is 1.52. The van der Waals surface area contributed by atoms with Gasteiger partial charge in [-0.2, -0.15) is 0 Å². The Morgan fingerprint density at radius 1 is 1.24 bits per heavy atom. The number of anilines is 1. The van der Waals surface area contributed by atoms with Crippen LogP contribution in [0.5, 0.6) is 5.75 Å². The molecule has 1 aromatic carbocycles. The number of nitrogens with zero attached hydrogens (tertiary/aromatic N) is 1. The van der Waals surface area contributed by atoms with Gasteiger partial charge >= 0.3 is 0 Å². The van der Waals surface area contributed by atoms with Crippen LogP contribution in [0.3, 0.4) is 0 Å². The molecule has 0 bridgehead atoms. The molecule has 8 N–H and O–H groups in total. The molecule has 37 heavy (non-hydrogen) atoms. The number of fused-ring (bicyclic) bond motifs is 3. The van der Waals surface area contributed by atoms with Crippen molar-refractivity contribution in [3.63, 3.8) is 0 Å². The molecule has 0 spiro atoms. The van der Waals surface area contributed by atoms with Crippen LogP contribution in [0.2, 0.25) is 5.02 Å². The topological polar surface area (TPSA) is 211 Å². The van der Waals surface area contributed by atoms with Gasteiger partial charge < -0.3 is 41.5 Å². The number of benzene rings is 1. The van der Waals surface area contributed by atoms with Gasteiger partial charge in [-0.1, -0.05) is 18.5 Å². The number of primary amides is 1. The number of phenolic OH excluding ortho intramolecular Hbond substituents is 1. The maximum absolute atomic E-state index is 13.7. The third-order valence-corrected chi connectivity index (χ3v) is 7.60. The zero-order chi connectivity index (χ0) is 27.7. The van der Waals surface area contributed by atoms with Gasteiger partial charge in [-0.25, -0.2) is 0 Å². The molecule has 1 aromatic rings. The van der Waals surface area contributed by atoms with Gasteiger partial charge in [-0.05, 0) is 31.6 Å². The Hall–Kier alpha value is -3.45. The lowest BCUT2D eigenvalue weighted by Gasteiger charge is -2.50. The molecule has 12 nitrogen and oxygen atoms in total. The molecule has 5 unspecified atom stereocenters. The number of aliphatic hydroxyl groups is 4. The van der Waals surface area contributed by atoms with Crippen LogP contribution in [-0.2, 0) is 19.2 Å². The fourth-order valence-corrected chi connectivity index (χ4v) is 5.87. The number of ketones is 2. The van der Waals surface area contributed by atoms with Crippen molar-refractivity contribution in [2.45, 2.75) is 31.0 Å². The van der Waals surface area contributed by atoms with Crippen LogP contribution in [0.1, 0.15) is 30.4 Å². The average molecular weight is 536 g/mol. The number of nitrogens with one attached hydrogen (secondary N) is 1. The number of phenols is 1. The fraction of sp³-hybridized carbons (Fsp3) is 0.417. The Labute approximate surface area is 215 Å². The summed E-state index contributed by atoms with van der Waals surface area (Å²) < 4.78 is 0. The van der Waals surface area contributed by atoms with Crippen LogP contribution in [0.15, 0.2) is 23.0 Å². The Kier molecular flexibility index (Phi) is 6.36. The first-order valence-electron chi connectivity index (χ1n) is 11.3. The van der Waals surface area contributed by atoms with Crippen LogP contribution in [-0.4, -0.2) is 86.2 Å². The molecule has 2 amide bonds. The number of likely N-dealkylation sites (N-methyl/N-ethyl adjacent to an activating group) is 1. The molecule has 5 atom stereocenters. The second-order valence-corrected chi connectivity index (χ2v) is 10.2. The van der Waals surface area contributed by atoms with Gasteiger partial charge in [0.1, 0.15) is 22.8 Å². The molecular formula is C24H26ClN3O9. The minimum absolute atomic E-state index is 0.0516. The monoisotopic (exact) mass is 535 g/mol. The van der Waals surface area contributed by atoms with Crippen LogP contribution < -0.4 is 11.1 Å². The third kappa shape index (κ3) is 3.71. The molecule has 3 aliphatic carbocycles.